The molecule has 0 aliphatic rings. The van der Waals surface area contributed by atoms with Gasteiger partial charge in [-0.2, -0.15) is 9.78 Å². The molecule has 0 saturated carbocycles. The number of benzene rings is 3. The Morgan fingerprint density at radius 3 is 1.89 bits per heavy atom. The second kappa shape index (κ2) is 9.86. The predicted octanol–water partition coefficient (Wildman–Crippen LogP) is 6.65. The van der Waals surface area contributed by atoms with Crippen LogP contribution in [0.4, 0.5) is 4.79 Å². The van der Waals surface area contributed by atoms with E-state index in [-0.39, 0.29) is 5.04 Å². The maximum atomic E-state index is 13.0. The molecule has 0 spiro atoms. The predicted molar refractivity (Wildman–Crippen MR) is 152 cm³/mol. The molecule has 1 aromatic heterocycles. The zero-order valence-corrected chi connectivity index (χ0v) is 24.3. The van der Waals surface area contributed by atoms with Crippen LogP contribution in [0.5, 0.6) is 5.75 Å². The fraction of sp³-hybridized carbons (Fsp3) is 0.310. The van der Waals surface area contributed by atoms with E-state index in [2.05, 4.69) is 90.3 Å². The highest BCUT2D eigenvalue weighted by molar-refractivity contribution is 9.08. The molecule has 0 aliphatic carbocycles. The fourth-order valence-electron chi connectivity index (χ4n) is 4.65. The third kappa shape index (κ3) is 4.86. The van der Waals surface area contributed by atoms with Crippen LogP contribution in [-0.2, 0) is 10.1 Å². The Morgan fingerprint density at radius 1 is 0.861 bits per heavy atom. The number of carbonyl (C=O) groups is 1. The number of hydrogen-bond acceptors (Lipinski definition) is 4. The summed E-state index contributed by atoms with van der Waals surface area (Å²) >= 11 is 3.57. The lowest BCUT2D eigenvalue weighted by molar-refractivity contribution is 0.0522. The standard InChI is InChI=1S/C29H33BrN2O3Si/c1-28(2,3)34-27(33)32-24-18-13-19-25(26(24)23(20-30)31-32)35-36(29(4,5)6,21-14-9-7-10-15-21)22-16-11-8-12-17-22/h7-19H,20H2,1-6H3. The summed E-state index contributed by atoms with van der Waals surface area (Å²) in [4.78, 5) is 13.0. The van der Waals surface area contributed by atoms with Crippen molar-refractivity contribution in [3.63, 3.8) is 0 Å². The van der Waals surface area contributed by atoms with E-state index in [0.717, 1.165) is 11.1 Å². The van der Waals surface area contributed by atoms with Gasteiger partial charge in [0.25, 0.3) is 0 Å². The molecule has 0 aliphatic heterocycles. The molecule has 5 nitrogen and oxygen atoms in total. The van der Waals surface area contributed by atoms with E-state index >= 15 is 0 Å². The first-order chi connectivity index (χ1) is 17.0. The van der Waals surface area contributed by atoms with Crippen molar-refractivity contribution < 1.29 is 14.0 Å². The molecule has 0 amide bonds. The molecule has 1 heterocycles. The van der Waals surface area contributed by atoms with E-state index < -0.39 is 20.0 Å². The van der Waals surface area contributed by atoms with Crippen LogP contribution >= 0.6 is 15.9 Å². The number of ether oxygens (including phenoxy) is 1. The second-order valence-corrected chi connectivity index (χ2v) is 15.7. The molecule has 7 heteroatoms. The number of alkyl halides is 1. The summed E-state index contributed by atoms with van der Waals surface area (Å²) in [6, 6.07) is 26.8. The molecule has 0 saturated heterocycles. The number of fused-ring (bicyclic) bond motifs is 1. The Hall–Kier alpha value is -2.90. The van der Waals surface area contributed by atoms with Crippen LogP contribution in [0.25, 0.3) is 10.9 Å². The Labute approximate surface area is 222 Å². The molecule has 188 valence electrons. The van der Waals surface area contributed by atoms with Crippen molar-refractivity contribution >= 4 is 51.6 Å². The molecule has 4 rings (SSSR count). The van der Waals surface area contributed by atoms with Gasteiger partial charge in [0.1, 0.15) is 11.4 Å². The summed E-state index contributed by atoms with van der Waals surface area (Å²) in [6.45, 7) is 12.3. The highest BCUT2D eigenvalue weighted by Gasteiger charge is 2.52. The summed E-state index contributed by atoms with van der Waals surface area (Å²) in [6.07, 6.45) is -0.512. The Bertz CT molecular complexity index is 1320. The van der Waals surface area contributed by atoms with Crippen molar-refractivity contribution in [2.24, 2.45) is 0 Å². The normalized spacial score (nSPS) is 12.5. The first kappa shape index (κ1) is 26.2. The van der Waals surface area contributed by atoms with Gasteiger partial charge in [-0.3, -0.25) is 0 Å². The van der Waals surface area contributed by atoms with Crippen LogP contribution in [0, 0.1) is 0 Å². The summed E-state index contributed by atoms with van der Waals surface area (Å²) < 4.78 is 14.3. The zero-order chi connectivity index (χ0) is 26.1. The summed E-state index contributed by atoms with van der Waals surface area (Å²) in [5.41, 5.74) is 0.756. The van der Waals surface area contributed by atoms with E-state index in [1.165, 1.54) is 15.1 Å². The second-order valence-electron chi connectivity index (χ2n) is 10.9. The first-order valence-electron chi connectivity index (χ1n) is 12.1. The monoisotopic (exact) mass is 564 g/mol. The van der Waals surface area contributed by atoms with E-state index in [1.54, 1.807) is 0 Å². The minimum atomic E-state index is -2.87. The molecule has 0 radical (unpaired) electrons. The van der Waals surface area contributed by atoms with Gasteiger partial charge >= 0.3 is 14.4 Å². The summed E-state index contributed by atoms with van der Waals surface area (Å²) in [5.74, 6) is 0.714. The lowest BCUT2D eigenvalue weighted by Crippen LogP contribution is -2.68. The third-order valence-corrected chi connectivity index (χ3v) is 11.6. The fourth-order valence-corrected chi connectivity index (χ4v) is 9.47. The Morgan fingerprint density at radius 2 is 1.42 bits per heavy atom. The van der Waals surface area contributed by atoms with Gasteiger partial charge < -0.3 is 9.16 Å². The zero-order valence-electron chi connectivity index (χ0n) is 21.7. The van der Waals surface area contributed by atoms with Gasteiger partial charge in [0, 0.05) is 5.33 Å². The quantitative estimate of drug-likeness (QED) is 0.201. The lowest BCUT2D eigenvalue weighted by Gasteiger charge is -2.43. The molecular formula is C29H33BrN2O3Si. The highest BCUT2D eigenvalue weighted by atomic mass is 79.9. The number of nitrogens with zero attached hydrogens (tertiary/aromatic N) is 2. The minimum absolute atomic E-state index is 0.201. The van der Waals surface area contributed by atoms with Crippen LogP contribution in [0.1, 0.15) is 47.2 Å². The summed E-state index contributed by atoms with van der Waals surface area (Å²) in [5, 5.41) is 8.07. The smallest absolute Gasteiger partial charge is 0.435 e. The third-order valence-electron chi connectivity index (χ3n) is 6.11. The van der Waals surface area contributed by atoms with E-state index in [1.807, 2.05) is 51.1 Å². The molecular weight excluding hydrogens is 532 g/mol. The molecule has 0 atom stereocenters. The molecule has 3 aromatic carbocycles. The Kier molecular flexibility index (Phi) is 7.17. The number of hydrogen-bond donors (Lipinski definition) is 0. The number of rotatable bonds is 5. The summed E-state index contributed by atoms with van der Waals surface area (Å²) in [7, 11) is -2.87. The van der Waals surface area contributed by atoms with Crippen LogP contribution in [0.2, 0.25) is 5.04 Å². The van der Waals surface area contributed by atoms with E-state index in [0.29, 0.717) is 16.6 Å². The maximum Gasteiger partial charge on any atom is 0.435 e. The van der Waals surface area contributed by atoms with Crippen molar-refractivity contribution in [1.82, 2.24) is 9.78 Å². The van der Waals surface area contributed by atoms with Gasteiger partial charge in [0.05, 0.1) is 16.6 Å². The molecule has 0 N–H and O–H groups in total. The van der Waals surface area contributed by atoms with Crippen LogP contribution in [-0.4, -0.2) is 29.8 Å². The van der Waals surface area contributed by atoms with Crippen molar-refractivity contribution in [1.29, 1.82) is 0 Å². The van der Waals surface area contributed by atoms with Gasteiger partial charge in [0.2, 0.25) is 0 Å². The molecule has 0 fully saturated rings. The number of halogens is 1. The van der Waals surface area contributed by atoms with Gasteiger partial charge in [0.15, 0.2) is 0 Å². The van der Waals surface area contributed by atoms with Crippen molar-refractivity contribution in [3.05, 3.63) is 84.6 Å². The number of aromatic nitrogens is 2. The molecule has 0 unspecified atom stereocenters. The van der Waals surface area contributed by atoms with Gasteiger partial charge in [-0.15, -0.1) is 0 Å². The van der Waals surface area contributed by atoms with E-state index in [9.17, 15) is 4.79 Å². The molecule has 4 aromatic rings. The van der Waals surface area contributed by atoms with Gasteiger partial charge in [-0.05, 0) is 48.3 Å². The molecule has 36 heavy (non-hydrogen) atoms. The van der Waals surface area contributed by atoms with Crippen molar-refractivity contribution in [2.75, 3.05) is 0 Å². The van der Waals surface area contributed by atoms with E-state index in [4.69, 9.17) is 9.16 Å². The Balaban J connectivity index is 1.97. The largest absolute Gasteiger partial charge is 0.533 e. The van der Waals surface area contributed by atoms with Gasteiger partial charge in [-0.1, -0.05) is 103 Å². The van der Waals surface area contributed by atoms with Crippen LogP contribution < -0.4 is 14.8 Å². The number of carbonyl (C=O) groups excluding carboxylic acids is 1. The maximum absolute atomic E-state index is 13.0. The lowest BCUT2D eigenvalue weighted by atomic mass is 10.2. The average Bonchev–Trinajstić information content (AvgIpc) is 3.22. The van der Waals surface area contributed by atoms with Crippen LogP contribution in [0.15, 0.2) is 78.9 Å². The SMILES string of the molecule is CC(C)(C)OC(=O)n1nc(CBr)c2c(O[Si](c3ccccc3)(c3ccccc3)C(C)(C)C)cccc21. The first-order valence-corrected chi connectivity index (χ1v) is 15.1. The van der Waals surface area contributed by atoms with Gasteiger partial charge in [-0.25, -0.2) is 4.79 Å². The molecule has 0 bridgehead atoms. The minimum Gasteiger partial charge on any atom is -0.533 e. The van der Waals surface area contributed by atoms with Crippen molar-refractivity contribution in [3.8, 4) is 5.75 Å². The van der Waals surface area contributed by atoms with Crippen LogP contribution in [0.3, 0.4) is 0 Å². The van der Waals surface area contributed by atoms with Crippen molar-refractivity contribution in [2.45, 2.75) is 57.5 Å². The highest BCUT2D eigenvalue weighted by Crippen LogP contribution is 2.40. The average molecular weight is 566 g/mol. The topological polar surface area (TPSA) is 53.4 Å².